The number of benzene rings is 1. The van der Waals surface area contributed by atoms with E-state index < -0.39 is 9.84 Å². The highest BCUT2D eigenvalue weighted by molar-refractivity contribution is 7.94. The monoisotopic (exact) mass is 184 g/mol. The minimum Gasteiger partial charge on any atom is -0.508 e. The summed E-state index contributed by atoms with van der Waals surface area (Å²) in [6.45, 7) is 3.17. The van der Waals surface area contributed by atoms with Crippen molar-refractivity contribution in [3.8, 4) is 5.75 Å². The maximum absolute atomic E-state index is 11.1. The van der Waals surface area contributed by atoms with Gasteiger partial charge in [0, 0.05) is 5.41 Å². The van der Waals surface area contributed by atoms with Crippen molar-refractivity contribution < 1.29 is 13.5 Å². The molecule has 0 radical (unpaired) electrons. The lowest BCUT2D eigenvalue weighted by atomic mass is 10.3. The third-order valence-corrected chi connectivity index (χ3v) is 2.72. The van der Waals surface area contributed by atoms with Crippen molar-refractivity contribution in [3.05, 3.63) is 36.3 Å². The highest BCUT2D eigenvalue weighted by Crippen LogP contribution is 2.17. The molecule has 12 heavy (non-hydrogen) atoms. The average Bonchev–Trinajstić information content (AvgIpc) is 2.05. The molecule has 0 unspecified atom stereocenters. The largest absolute Gasteiger partial charge is 0.508 e. The topological polar surface area (TPSA) is 54.4 Å². The van der Waals surface area contributed by atoms with Crippen LogP contribution in [0.15, 0.2) is 41.1 Å². The van der Waals surface area contributed by atoms with Crippen LogP contribution in [0.5, 0.6) is 5.75 Å². The van der Waals surface area contributed by atoms with E-state index in [2.05, 4.69) is 6.58 Å². The lowest BCUT2D eigenvalue weighted by molar-refractivity contribution is 0.473. The van der Waals surface area contributed by atoms with Crippen molar-refractivity contribution in [1.82, 2.24) is 0 Å². The number of phenols is 1. The third kappa shape index (κ3) is 1.65. The molecular formula is C8H8O3S. The molecule has 0 aromatic heterocycles. The normalized spacial score (nSPS) is 11.0. The molecule has 64 valence electrons. The second-order valence-corrected chi connectivity index (χ2v) is 4.10. The van der Waals surface area contributed by atoms with Gasteiger partial charge in [0.2, 0.25) is 0 Å². The van der Waals surface area contributed by atoms with Crippen molar-refractivity contribution in [2.75, 3.05) is 0 Å². The Balaban J connectivity index is 3.30. The summed E-state index contributed by atoms with van der Waals surface area (Å²) in [5, 5.41) is 9.82. The van der Waals surface area contributed by atoms with Crippen LogP contribution in [0, 0.1) is 0 Å². The molecular weight excluding hydrogens is 176 g/mol. The summed E-state index contributed by atoms with van der Waals surface area (Å²) >= 11 is 0. The van der Waals surface area contributed by atoms with Crippen molar-refractivity contribution >= 4 is 9.84 Å². The molecule has 0 saturated heterocycles. The molecule has 4 heteroatoms. The molecule has 0 amide bonds. The van der Waals surface area contributed by atoms with Crippen LogP contribution in [-0.4, -0.2) is 13.5 Å². The summed E-state index contributed by atoms with van der Waals surface area (Å²) in [7, 11) is -3.42. The Morgan fingerprint density at radius 1 is 1.42 bits per heavy atom. The van der Waals surface area contributed by atoms with Gasteiger partial charge in [0.15, 0.2) is 9.84 Å². The van der Waals surface area contributed by atoms with Crippen molar-refractivity contribution in [2.24, 2.45) is 0 Å². The molecule has 1 aromatic rings. The summed E-state index contributed by atoms with van der Waals surface area (Å²) in [5.41, 5.74) is 0. The number of phenolic OH excluding ortho intramolecular Hbond substituents is 1. The lowest BCUT2D eigenvalue weighted by Crippen LogP contribution is -1.94. The van der Waals surface area contributed by atoms with Gasteiger partial charge in [0.25, 0.3) is 0 Å². The van der Waals surface area contributed by atoms with Gasteiger partial charge in [-0.3, -0.25) is 0 Å². The molecule has 0 spiro atoms. The van der Waals surface area contributed by atoms with Gasteiger partial charge >= 0.3 is 0 Å². The van der Waals surface area contributed by atoms with E-state index in [-0.39, 0.29) is 10.6 Å². The molecule has 1 aromatic carbocycles. The molecule has 0 aliphatic rings. The zero-order valence-corrected chi connectivity index (χ0v) is 7.08. The average molecular weight is 184 g/mol. The van der Waals surface area contributed by atoms with E-state index in [1.54, 1.807) is 0 Å². The Morgan fingerprint density at radius 2 is 2.08 bits per heavy atom. The van der Waals surface area contributed by atoms with E-state index in [1.807, 2.05) is 0 Å². The standard InChI is InChI=1S/C8H8O3S/c1-2-12(10,11)8-5-3-4-7(9)6-8/h2-6,9H,1H2. The summed E-state index contributed by atoms with van der Waals surface area (Å²) in [6, 6.07) is 5.45. The van der Waals surface area contributed by atoms with E-state index in [0.717, 1.165) is 5.41 Å². The summed E-state index contributed by atoms with van der Waals surface area (Å²) in [5.74, 6) is -0.0714. The third-order valence-electron chi connectivity index (χ3n) is 1.37. The molecule has 0 atom stereocenters. The van der Waals surface area contributed by atoms with Crippen molar-refractivity contribution in [2.45, 2.75) is 4.90 Å². The van der Waals surface area contributed by atoms with E-state index >= 15 is 0 Å². The van der Waals surface area contributed by atoms with E-state index in [0.29, 0.717) is 0 Å². The highest BCUT2D eigenvalue weighted by atomic mass is 32.2. The number of rotatable bonds is 2. The van der Waals surface area contributed by atoms with Gasteiger partial charge in [-0.15, -0.1) is 0 Å². The van der Waals surface area contributed by atoms with Gasteiger partial charge in [-0.05, 0) is 18.2 Å². The summed E-state index contributed by atoms with van der Waals surface area (Å²) in [6.07, 6.45) is 0. The fourth-order valence-electron chi connectivity index (χ4n) is 0.757. The number of aromatic hydroxyl groups is 1. The molecule has 0 fully saturated rings. The molecule has 0 bridgehead atoms. The maximum Gasteiger partial charge on any atom is 0.199 e. The predicted molar refractivity (Wildman–Crippen MR) is 45.5 cm³/mol. The maximum atomic E-state index is 11.1. The van der Waals surface area contributed by atoms with Crippen LogP contribution in [0.25, 0.3) is 0 Å². The van der Waals surface area contributed by atoms with Gasteiger partial charge < -0.3 is 5.11 Å². The van der Waals surface area contributed by atoms with Crippen LogP contribution < -0.4 is 0 Å². The number of sulfone groups is 1. The first-order valence-corrected chi connectivity index (χ1v) is 4.77. The summed E-state index contributed by atoms with van der Waals surface area (Å²) in [4.78, 5) is 0.0532. The Hall–Kier alpha value is -1.29. The Kier molecular flexibility index (Phi) is 2.19. The molecule has 3 nitrogen and oxygen atoms in total. The number of hydrogen-bond acceptors (Lipinski definition) is 3. The highest BCUT2D eigenvalue weighted by Gasteiger charge is 2.08. The molecule has 1 N–H and O–H groups in total. The van der Waals surface area contributed by atoms with Crippen LogP contribution in [-0.2, 0) is 9.84 Å². The SMILES string of the molecule is C=CS(=O)(=O)c1cccc(O)c1. The Labute approximate surface area is 70.9 Å². The minimum atomic E-state index is -3.42. The second-order valence-electron chi connectivity index (χ2n) is 2.21. The fraction of sp³-hybridized carbons (Fsp3) is 0. The minimum absolute atomic E-state index is 0.0532. The van der Waals surface area contributed by atoms with E-state index in [9.17, 15) is 8.42 Å². The zero-order chi connectivity index (χ0) is 9.19. The van der Waals surface area contributed by atoms with E-state index in [1.165, 1.54) is 24.3 Å². The Morgan fingerprint density at radius 3 is 2.58 bits per heavy atom. The van der Waals surface area contributed by atoms with Gasteiger partial charge in [-0.2, -0.15) is 0 Å². The lowest BCUT2D eigenvalue weighted by Gasteiger charge is -1.97. The molecule has 0 heterocycles. The van der Waals surface area contributed by atoms with E-state index in [4.69, 9.17) is 5.11 Å². The van der Waals surface area contributed by atoms with Gasteiger partial charge in [-0.1, -0.05) is 12.6 Å². The summed E-state index contributed by atoms with van der Waals surface area (Å²) < 4.78 is 22.2. The first-order chi connectivity index (χ1) is 5.56. The zero-order valence-electron chi connectivity index (χ0n) is 6.27. The van der Waals surface area contributed by atoms with Crippen LogP contribution >= 0.6 is 0 Å². The van der Waals surface area contributed by atoms with Crippen LogP contribution in [0.4, 0.5) is 0 Å². The molecule has 0 aliphatic heterocycles. The van der Waals surface area contributed by atoms with Crippen molar-refractivity contribution in [1.29, 1.82) is 0 Å². The first-order valence-electron chi connectivity index (χ1n) is 3.23. The molecule has 1 rings (SSSR count). The van der Waals surface area contributed by atoms with Crippen molar-refractivity contribution in [3.63, 3.8) is 0 Å². The fourth-order valence-corrected chi connectivity index (χ4v) is 1.50. The first kappa shape index (κ1) is 8.80. The van der Waals surface area contributed by atoms with Crippen LogP contribution in [0.1, 0.15) is 0 Å². The quantitative estimate of drug-likeness (QED) is 0.753. The number of hydrogen-bond donors (Lipinski definition) is 1. The molecule has 0 saturated carbocycles. The van der Waals surface area contributed by atoms with Gasteiger partial charge in [-0.25, -0.2) is 8.42 Å². The van der Waals surface area contributed by atoms with Gasteiger partial charge in [0.1, 0.15) is 5.75 Å². The molecule has 0 aliphatic carbocycles. The smallest absolute Gasteiger partial charge is 0.199 e. The van der Waals surface area contributed by atoms with Crippen LogP contribution in [0.2, 0.25) is 0 Å². The second kappa shape index (κ2) is 2.98. The van der Waals surface area contributed by atoms with Gasteiger partial charge in [0.05, 0.1) is 4.90 Å². The van der Waals surface area contributed by atoms with Crippen LogP contribution in [0.3, 0.4) is 0 Å². The predicted octanol–water partition coefficient (Wildman–Crippen LogP) is 1.31. The Bertz CT molecular complexity index is 393.